The average Bonchev–Trinajstić information content (AvgIpc) is 3.09. The molecule has 0 aromatic carbocycles. The summed E-state index contributed by atoms with van der Waals surface area (Å²) < 4.78 is 37.8. The highest BCUT2D eigenvalue weighted by atomic mass is 16.7. The van der Waals surface area contributed by atoms with Crippen LogP contribution in [0, 0.1) is 17.8 Å². The molecule has 3 heterocycles. The van der Waals surface area contributed by atoms with Gasteiger partial charge in [-0.2, -0.15) is 0 Å². The van der Waals surface area contributed by atoms with E-state index in [4.69, 9.17) is 28.4 Å². The van der Waals surface area contributed by atoms with Gasteiger partial charge in [-0.1, -0.05) is 27.7 Å². The van der Waals surface area contributed by atoms with Gasteiger partial charge in [0.1, 0.15) is 23.9 Å². The van der Waals surface area contributed by atoms with Crippen molar-refractivity contribution in [2.24, 2.45) is 17.8 Å². The van der Waals surface area contributed by atoms with E-state index in [0.29, 0.717) is 19.5 Å². The van der Waals surface area contributed by atoms with Gasteiger partial charge in [0.15, 0.2) is 12.6 Å². The Morgan fingerprint density at radius 3 is 2.11 bits per heavy atom. The van der Waals surface area contributed by atoms with E-state index in [1.165, 1.54) is 14.0 Å². The SMILES string of the molecule is CCCN1C[C@H](C)[C@@H](O)[C@](C)(O)[C@@H](CC)OC(=O)[C@H](C)[C@@H](O[C@H]2C[C@](C)(OC)[C@H](O)[C@@H](C)O2)[C@H](C)[C@@H](O[C@H]2O[C@@H](C)C[C@@H](N(C)C)[C@@H]2O)[C@](C)(O)C[C@H]1C. The normalized spacial score (nSPS) is 48.2. The van der Waals surface area contributed by atoms with Gasteiger partial charge in [0.25, 0.3) is 0 Å². The molecular weight excluding hydrogens is 700 g/mol. The van der Waals surface area contributed by atoms with Crippen molar-refractivity contribution in [3.8, 4) is 0 Å². The molecule has 0 unspecified atom stereocenters. The predicted octanol–water partition coefficient (Wildman–Crippen LogP) is 2.68. The zero-order valence-electron chi connectivity index (χ0n) is 35.6. The van der Waals surface area contributed by atoms with E-state index in [1.54, 1.807) is 34.6 Å². The Kier molecular flexibility index (Phi) is 16.8. The molecule has 318 valence electrons. The summed E-state index contributed by atoms with van der Waals surface area (Å²) in [5.41, 5.74) is -4.38. The minimum absolute atomic E-state index is 0.133. The van der Waals surface area contributed by atoms with Gasteiger partial charge < -0.3 is 63.8 Å². The van der Waals surface area contributed by atoms with Crippen LogP contribution in [0.2, 0.25) is 0 Å². The molecule has 0 bridgehead atoms. The number of rotatable bonds is 9. The molecule has 3 aliphatic heterocycles. The third kappa shape index (κ3) is 10.7. The first kappa shape index (κ1) is 47.4. The zero-order valence-corrected chi connectivity index (χ0v) is 35.6. The Balaban J connectivity index is 2.22. The number of carbonyl (C=O) groups excluding carboxylic acids is 1. The first-order valence-electron chi connectivity index (χ1n) is 20.2. The van der Waals surface area contributed by atoms with Crippen LogP contribution < -0.4 is 0 Å². The van der Waals surface area contributed by atoms with E-state index in [9.17, 15) is 30.3 Å². The highest BCUT2D eigenvalue weighted by Crippen LogP contribution is 2.40. The lowest BCUT2D eigenvalue weighted by Crippen LogP contribution is -2.61. The number of ether oxygens (including phenoxy) is 6. The van der Waals surface area contributed by atoms with E-state index in [-0.39, 0.29) is 37.5 Å². The number of methoxy groups -OCH3 is 1. The van der Waals surface area contributed by atoms with Gasteiger partial charge in [0.05, 0.1) is 47.6 Å². The van der Waals surface area contributed by atoms with Crippen molar-refractivity contribution in [3.63, 3.8) is 0 Å². The minimum Gasteiger partial charge on any atom is -0.459 e. The van der Waals surface area contributed by atoms with E-state index >= 15 is 0 Å². The molecule has 0 spiro atoms. The van der Waals surface area contributed by atoms with Crippen LogP contribution in [0.25, 0.3) is 0 Å². The molecule has 3 rings (SSSR count). The van der Waals surface area contributed by atoms with Crippen molar-refractivity contribution in [1.29, 1.82) is 0 Å². The lowest BCUT2D eigenvalue weighted by molar-refractivity contribution is -0.318. The van der Waals surface area contributed by atoms with Gasteiger partial charge >= 0.3 is 5.97 Å². The largest absolute Gasteiger partial charge is 0.459 e. The lowest BCUT2D eigenvalue weighted by Gasteiger charge is -2.49. The summed E-state index contributed by atoms with van der Waals surface area (Å²) in [6, 6.07) is -0.500. The number of esters is 1. The van der Waals surface area contributed by atoms with Crippen LogP contribution in [0.3, 0.4) is 0 Å². The number of cyclic esters (lactones) is 1. The van der Waals surface area contributed by atoms with Gasteiger partial charge in [0.2, 0.25) is 0 Å². The van der Waals surface area contributed by atoms with Gasteiger partial charge in [-0.05, 0) is 101 Å². The summed E-state index contributed by atoms with van der Waals surface area (Å²) in [5.74, 6) is -2.87. The summed E-state index contributed by atoms with van der Waals surface area (Å²) in [6.07, 6.45) is -7.37. The summed E-state index contributed by atoms with van der Waals surface area (Å²) in [4.78, 5) is 18.4. The Labute approximate surface area is 324 Å². The fourth-order valence-electron chi connectivity index (χ4n) is 9.13. The van der Waals surface area contributed by atoms with Crippen molar-refractivity contribution < 1.29 is 58.7 Å². The maximum atomic E-state index is 14.3. The number of aliphatic hydroxyl groups is 5. The summed E-state index contributed by atoms with van der Waals surface area (Å²) >= 11 is 0. The quantitative estimate of drug-likeness (QED) is 0.216. The molecular formula is C40H76N2O12. The number of hydrogen-bond acceptors (Lipinski definition) is 14. The molecule has 14 heteroatoms. The highest BCUT2D eigenvalue weighted by molar-refractivity contribution is 5.73. The van der Waals surface area contributed by atoms with E-state index in [1.807, 2.05) is 46.7 Å². The number of aliphatic hydroxyl groups excluding tert-OH is 3. The molecule has 0 aliphatic carbocycles. The molecule has 54 heavy (non-hydrogen) atoms. The molecule has 0 amide bonds. The number of hydrogen-bond donors (Lipinski definition) is 5. The van der Waals surface area contributed by atoms with E-state index in [0.717, 1.165) is 6.42 Å². The van der Waals surface area contributed by atoms with Crippen LogP contribution in [0.5, 0.6) is 0 Å². The zero-order chi connectivity index (χ0) is 41.1. The van der Waals surface area contributed by atoms with Crippen LogP contribution in [-0.4, -0.2) is 166 Å². The molecule has 0 saturated carbocycles. The van der Waals surface area contributed by atoms with E-state index in [2.05, 4.69) is 11.8 Å². The monoisotopic (exact) mass is 777 g/mol. The first-order valence-corrected chi connectivity index (χ1v) is 20.2. The standard InChI is InChI=1S/C40H76N2O12/c1-15-17-42-21-22(3)33(44)40(11,48)29(16-2)52-36(46)26(7)32(53-30-20-39(10,49-14)34(45)27(8)51-30)25(6)35(38(9,47)19-23(42)4)54-37-31(43)28(41(12)13)18-24(5)50-37/h22-35,37,43-45,47-48H,15-21H2,1-14H3/t22-,23+,24-,25-,26+,27+,28+,29+,30-,31-,32-,33+,34+,35+,37+,38+,39-,40+/m0/s1. The smallest absolute Gasteiger partial charge is 0.311 e. The second-order valence-electron chi connectivity index (χ2n) is 17.7. The van der Waals surface area contributed by atoms with Crippen LogP contribution >= 0.6 is 0 Å². The number of carbonyl (C=O) groups is 1. The molecule has 3 fully saturated rings. The predicted molar refractivity (Wildman–Crippen MR) is 203 cm³/mol. The topological polar surface area (TPSA) is 180 Å². The Morgan fingerprint density at radius 1 is 0.926 bits per heavy atom. The maximum Gasteiger partial charge on any atom is 0.311 e. The molecule has 3 saturated heterocycles. The fraction of sp³-hybridized carbons (Fsp3) is 0.975. The summed E-state index contributed by atoms with van der Waals surface area (Å²) in [6.45, 7) is 20.9. The van der Waals surface area contributed by atoms with Gasteiger partial charge in [-0.3, -0.25) is 4.79 Å². The molecule has 3 aliphatic rings. The average molecular weight is 777 g/mol. The first-order chi connectivity index (χ1) is 24.9. The Bertz CT molecular complexity index is 1180. The second kappa shape index (κ2) is 19.2. The van der Waals surface area contributed by atoms with Crippen LogP contribution in [0.4, 0.5) is 0 Å². The van der Waals surface area contributed by atoms with E-state index < -0.39 is 95.8 Å². The van der Waals surface area contributed by atoms with Crippen molar-refractivity contribution in [3.05, 3.63) is 0 Å². The third-order valence-corrected chi connectivity index (χ3v) is 12.6. The van der Waals surface area contributed by atoms with Crippen molar-refractivity contribution in [2.45, 2.75) is 199 Å². The van der Waals surface area contributed by atoms with Crippen LogP contribution in [-0.2, 0) is 33.2 Å². The third-order valence-electron chi connectivity index (χ3n) is 12.6. The Morgan fingerprint density at radius 2 is 1.56 bits per heavy atom. The maximum absolute atomic E-state index is 14.3. The van der Waals surface area contributed by atoms with Gasteiger partial charge in [0, 0.05) is 38.1 Å². The van der Waals surface area contributed by atoms with Crippen molar-refractivity contribution >= 4 is 5.97 Å². The second-order valence-corrected chi connectivity index (χ2v) is 17.7. The molecule has 0 aromatic heterocycles. The van der Waals surface area contributed by atoms with Crippen molar-refractivity contribution in [1.82, 2.24) is 9.80 Å². The minimum atomic E-state index is -1.78. The van der Waals surface area contributed by atoms with Gasteiger partial charge in [-0.15, -0.1) is 0 Å². The molecule has 0 aromatic rings. The van der Waals surface area contributed by atoms with Crippen molar-refractivity contribution in [2.75, 3.05) is 34.3 Å². The summed E-state index contributed by atoms with van der Waals surface area (Å²) in [7, 11) is 5.29. The molecule has 18 atom stereocenters. The lowest BCUT2D eigenvalue weighted by atomic mass is 9.78. The Hall–Kier alpha value is -1.01. The van der Waals surface area contributed by atoms with Crippen LogP contribution in [0.15, 0.2) is 0 Å². The summed E-state index contributed by atoms with van der Waals surface area (Å²) in [5, 5.41) is 58.7. The highest BCUT2D eigenvalue weighted by Gasteiger charge is 2.52. The molecule has 5 N–H and O–H groups in total. The number of likely N-dealkylation sites (N-methyl/N-ethyl adjacent to an activating group) is 1. The number of nitrogens with zero attached hydrogens (tertiary/aromatic N) is 2. The fourth-order valence-corrected chi connectivity index (χ4v) is 9.13. The molecule has 14 nitrogen and oxygen atoms in total. The molecule has 0 radical (unpaired) electrons. The van der Waals surface area contributed by atoms with Gasteiger partial charge in [-0.25, -0.2) is 0 Å². The van der Waals surface area contributed by atoms with Crippen LogP contribution in [0.1, 0.15) is 108 Å².